The Labute approximate surface area is 119 Å². The summed E-state index contributed by atoms with van der Waals surface area (Å²) in [6, 6.07) is 15.5. The van der Waals surface area contributed by atoms with E-state index in [1.807, 2.05) is 49.5 Å². The van der Waals surface area contributed by atoms with Crippen LogP contribution < -0.4 is 15.4 Å². The lowest BCUT2D eigenvalue weighted by molar-refractivity contribution is 0.413. The van der Waals surface area contributed by atoms with Crippen LogP contribution in [-0.2, 0) is 6.54 Å². The second-order valence-electron chi connectivity index (χ2n) is 4.59. The molecule has 4 heteroatoms. The number of anilines is 2. The van der Waals surface area contributed by atoms with Gasteiger partial charge in [-0.25, -0.2) is 0 Å². The summed E-state index contributed by atoms with van der Waals surface area (Å²) >= 11 is 0. The summed E-state index contributed by atoms with van der Waals surface area (Å²) in [6.07, 6.45) is 0. The predicted molar refractivity (Wildman–Crippen MR) is 80.7 cm³/mol. The van der Waals surface area contributed by atoms with Crippen LogP contribution in [0.1, 0.15) is 11.1 Å². The number of methoxy groups -OCH3 is 1. The van der Waals surface area contributed by atoms with Crippen LogP contribution in [-0.4, -0.2) is 14.2 Å². The standard InChI is InChI=1S/C16H17N3O/c1-19(15-6-4-14(18)5-7-15)11-12-3-8-16(20-2)13(9-12)10-17/h3-9H,11,18H2,1-2H3. The molecular formula is C16H17N3O. The normalized spacial score (nSPS) is 9.85. The lowest BCUT2D eigenvalue weighted by Crippen LogP contribution is -2.16. The molecule has 0 saturated carbocycles. The number of rotatable bonds is 4. The van der Waals surface area contributed by atoms with E-state index < -0.39 is 0 Å². The minimum atomic E-state index is 0.552. The summed E-state index contributed by atoms with van der Waals surface area (Å²) in [7, 11) is 3.57. The zero-order chi connectivity index (χ0) is 14.5. The molecule has 0 radical (unpaired) electrons. The molecule has 4 nitrogen and oxygen atoms in total. The van der Waals surface area contributed by atoms with Crippen LogP contribution >= 0.6 is 0 Å². The average Bonchev–Trinajstić information content (AvgIpc) is 2.47. The summed E-state index contributed by atoms with van der Waals surface area (Å²) in [6.45, 7) is 0.711. The first kappa shape index (κ1) is 13.8. The summed E-state index contributed by atoms with van der Waals surface area (Å²) in [5.74, 6) is 0.603. The van der Waals surface area contributed by atoms with E-state index in [1.54, 1.807) is 7.11 Å². The maximum absolute atomic E-state index is 9.10. The lowest BCUT2D eigenvalue weighted by atomic mass is 10.1. The number of hydrogen-bond acceptors (Lipinski definition) is 4. The van der Waals surface area contributed by atoms with Crippen LogP contribution in [0.5, 0.6) is 5.75 Å². The first-order valence-corrected chi connectivity index (χ1v) is 6.27. The van der Waals surface area contributed by atoms with Crippen LogP contribution in [0.3, 0.4) is 0 Å². The topological polar surface area (TPSA) is 62.3 Å². The van der Waals surface area contributed by atoms with E-state index in [9.17, 15) is 0 Å². The van der Waals surface area contributed by atoms with Gasteiger partial charge in [0.25, 0.3) is 0 Å². The van der Waals surface area contributed by atoms with Crippen molar-refractivity contribution in [3.05, 3.63) is 53.6 Å². The van der Waals surface area contributed by atoms with E-state index in [1.165, 1.54) is 0 Å². The van der Waals surface area contributed by atoms with Crippen molar-refractivity contribution in [1.82, 2.24) is 0 Å². The molecule has 0 fully saturated rings. The molecule has 0 heterocycles. The fourth-order valence-corrected chi connectivity index (χ4v) is 2.03. The van der Waals surface area contributed by atoms with E-state index >= 15 is 0 Å². The lowest BCUT2D eigenvalue weighted by Gasteiger charge is -2.20. The van der Waals surface area contributed by atoms with Gasteiger partial charge in [-0.2, -0.15) is 5.26 Å². The summed E-state index contributed by atoms with van der Waals surface area (Å²) < 4.78 is 5.14. The third kappa shape index (κ3) is 3.01. The Morgan fingerprint density at radius 3 is 2.50 bits per heavy atom. The Bertz CT molecular complexity index is 629. The Balaban J connectivity index is 2.17. The van der Waals surface area contributed by atoms with Crippen molar-refractivity contribution in [1.29, 1.82) is 5.26 Å². The molecule has 0 saturated heterocycles. The van der Waals surface area contributed by atoms with Crippen molar-refractivity contribution >= 4 is 11.4 Å². The van der Waals surface area contributed by atoms with Gasteiger partial charge in [-0.1, -0.05) is 6.07 Å². The summed E-state index contributed by atoms with van der Waals surface area (Å²) in [5.41, 5.74) is 9.12. The molecule has 0 aliphatic carbocycles. The highest BCUT2D eigenvalue weighted by molar-refractivity contribution is 5.53. The van der Waals surface area contributed by atoms with Crippen LogP contribution in [0.4, 0.5) is 11.4 Å². The molecule has 0 aliphatic heterocycles. The Kier molecular flexibility index (Phi) is 4.11. The van der Waals surface area contributed by atoms with E-state index in [2.05, 4.69) is 11.0 Å². The van der Waals surface area contributed by atoms with E-state index in [-0.39, 0.29) is 0 Å². The number of nitriles is 1. The van der Waals surface area contributed by atoms with Crippen LogP contribution in [0, 0.1) is 11.3 Å². The summed E-state index contributed by atoms with van der Waals surface area (Å²) in [4.78, 5) is 2.10. The molecule has 0 unspecified atom stereocenters. The molecule has 2 rings (SSSR count). The van der Waals surface area contributed by atoms with Gasteiger partial charge in [0.15, 0.2) is 0 Å². The monoisotopic (exact) mass is 267 g/mol. The second-order valence-corrected chi connectivity index (χ2v) is 4.59. The fraction of sp³-hybridized carbons (Fsp3) is 0.188. The molecule has 20 heavy (non-hydrogen) atoms. The van der Waals surface area contributed by atoms with Crippen LogP contribution in [0.15, 0.2) is 42.5 Å². The summed E-state index contributed by atoms with van der Waals surface area (Å²) in [5, 5.41) is 9.10. The Morgan fingerprint density at radius 1 is 1.20 bits per heavy atom. The number of nitrogens with two attached hydrogens (primary N) is 1. The highest BCUT2D eigenvalue weighted by atomic mass is 16.5. The highest BCUT2D eigenvalue weighted by Crippen LogP contribution is 2.22. The Hall–Kier alpha value is -2.67. The minimum Gasteiger partial charge on any atom is -0.495 e. The predicted octanol–water partition coefficient (Wildman–Crippen LogP) is 2.79. The quantitative estimate of drug-likeness (QED) is 0.865. The van der Waals surface area contributed by atoms with Crippen molar-refractivity contribution in [2.24, 2.45) is 0 Å². The molecule has 0 aromatic heterocycles. The van der Waals surface area contributed by atoms with Gasteiger partial charge in [0.05, 0.1) is 12.7 Å². The van der Waals surface area contributed by atoms with Gasteiger partial charge in [-0.3, -0.25) is 0 Å². The first-order valence-electron chi connectivity index (χ1n) is 6.27. The van der Waals surface area contributed by atoms with Gasteiger partial charge < -0.3 is 15.4 Å². The SMILES string of the molecule is COc1ccc(CN(C)c2ccc(N)cc2)cc1C#N. The van der Waals surface area contributed by atoms with Crippen LogP contribution in [0.25, 0.3) is 0 Å². The zero-order valence-corrected chi connectivity index (χ0v) is 11.6. The molecule has 2 aromatic carbocycles. The minimum absolute atomic E-state index is 0.552. The number of nitrogens with zero attached hydrogens (tertiary/aromatic N) is 2. The molecule has 0 spiro atoms. The molecule has 0 aliphatic rings. The number of ether oxygens (including phenoxy) is 1. The van der Waals surface area contributed by atoms with Gasteiger partial charge in [0, 0.05) is 25.0 Å². The second kappa shape index (κ2) is 5.98. The van der Waals surface area contributed by atoms with E-state index in [0.29, 0.717) is 17.9 Å². The molecule has 0 bridgehead atoms. The van der Waals surface area contributed by atoms with Gasteiger partial charge in [0.1, 0.15) is 11.8 Å². The van der Waals surface area contributed by atoms with Gasteiger partial charge in [-0.05, 0) is 42.0 Å². The van der Waals surface area contributed by atoms with Gasteiger partial charge in [0.2, 0.25) is 0 Å². The zero-order valence-electron chi connectivity index (χ0n) is 11.6. The average molecular weight is 267 g/mol. The fourth-order valence-electron chi connectivity index (χ4n) is 2.03. The smallest absolute Gasteiger partial charge is 0.136 e. The molecule has 2 N–H and O–H groups in total. The number of nitrogen functional groups attached to an aromatic ring is 1. The van der Waals surface area contributed by atoms with Gasteiger partial charge >= 0.3 is 0 Å². The number of hydrogen-bond donors (Lipinski definition) is 1. The molecular weight excluding hydrogens is 250 g/mol. The largest absolute Gasteiger partial charge is 0.495 e. The third-order valence-corrected chi connectivity index (χ3v) is 3.14. The molecule has 0 amide bonds. The van der Waals surface area contributed by atoms with Gasteiger partial charge in [-0.15, -0.1) is 0 Å². The maximum Gasteiger partial charge on any atom is 0.136 e. The Morgan fingerprint density at radius 2 is 1.90 bits per heavy atom. The van der Waals surface area contributed by atoms with Crippen molar-refractivity contribution in [2.45, 2.75) is 6.54 Å². The highest BCUT2D eigenvalue weighted by Gasteiger charge is 2.06. The van der Waals surface area contributed by atoms with Crippen LogP contribution in [0.2, 0.25) is 0 Å². The number of benzene rings is 2. The van der Waals surface area contributed by atoms with Crippen molar-refractivity contribution in [3.63, 3.8) is 0 Å². The third-order valence-electron chi connectivity index (χ3n) is 3.14. The van der Waals surface area contributed by atoms with Crippen molar-refractivity contribution in [3.8, 4) is 11.8 Å². The molecule has 102 valence electrons. The molecule has 0 atom stereocenters. The van der Waals surface area contributed by atoms with E-state index in [0.717, 1.165) is 16.9 Å². The van der Waals surface area contributed by atoms with Crippen molar-refractivity contribution in [2.75, 3.05) is 24.8 Å². The first-order chi connectivity index (χ1) is 9.63. The molecule has 2 aromatic rings. The van der Waals surface area contributed by atoms with E-state index in [4.69, 9.17) is 15.7 Å². The maximum atomic E-state index is 9.10. The van der Waals surface area contributed by atoms with Crippen molar-refractivity contribution < 1.29 is 4.74 Å².